The van der Waals surface area contributed by atoms with Crippen LogP contribution < -0.4 is 15.0 Å². The Bertz CT molecular complexity index is 1240. The van der Waals surface area contributed by atoms with Crippen LogP contribution in [0.15, 0.2) is 43.0 Å². The number of aromatic nitrogens is 5. The van der Waals surface area contributed by atoms with E-state index in [1.165, 1.54) is 18.4 Å². The zero-order valence-corrected chi connectivity index (χ0v) is 18.3. The van der Waals surface area contributed by atoms with Gasteiger partial charge in [-0.15, -0.1) is 5.10 Å². The first-order chi connectivity index (χ1) is 15.0. The molecule has 4 heterocycles. The summed E-state index contributed by atoms with van der Waals surface area (Å²) in [6, 6.07) is 8.67. The average molecular weight is 418 g/mol. The number of methoxy groups -OCH3 is 1. The number of fused-ring (bicyclic) bond motifs is 1. The maximum atomic E-state index is 5.52. The molecule has 5 rings (SSSR count). The Balaban J connectivity index is 1.46. The van der Waals surface area contributed by atoms with Gasteiger partial charge in [-0.2, -0.15) is 4.98 Å². The monoisotopic (exact) mass is 417 g/mol. The van der Waals surface area contributed by atoms with Crippen LogP contribution >= 0.6 is 0 Å². The van der Waals surface area contributed by atoms with Gasteiger partial charge in [0.25, 0.3) is 0 Å². The van der Waals surface area contributed by atoms with Crippen molar-refractivity contribution in [2.75, 3.05) is 23.9 Å². The molecule has 1 aromatic carbocycles. The van der Waals surface area contributed by atoms with E-state index in [1.807, 2.05) is 33.6 Å². The predicted molar refractivity (Wildman–Crippen MR) is 122 cm³/mol. The maximum Gasteiger partial charge on any atom is 0.248 e. The minimum Gasteiger partial charge on any atom is -0.496 e. The maximum absolute atomic E-state index is 5.52. The Hall–Kier alpha value is -3.55. The summed E-state index contributed by atoms with van der Waals surface area (Å²) in [6.45, 7) is 7.41. The van der Waals surface area contributed by atoms with Crippen LogP contribution in [0.5, 0.6) is 5.75 Å². The molecular formula is C23H27N7O. The van der Waals surface area contributed by atoms with Gasteiger partial charge in [-0.25, -0.2) is 9.50 Å². The highest BCUT2D eigenvalue weighted by Crippen LogP contribution is 2.29. The topological polar surface area (TPSA) is 72.5 Å². The molecule has 8 heteroatoms. The van der Waals surface area contributed by atoms with Crippen LogP contribution in [-0.4, -0.2) is 43.8 Å². The summed E-state index contributed by atoms with van der Waals surface area (Å²) in [5.41, 5.74) is 4.33. The van der Waals surface area contributed by atoms with Crippen molar-refractivity contribution in [1.29, 1.82) is 0 Å². The molecule has 4 aromatic rings. The number of nitrogens with zero attached hydrogens (tertiary/aromatic N) is 6. The number of aryl methyl sites for hydroxylation is 1. The van der Waals surface area contributed by atoms with Crippen LogP contribution in [0.25, 0.3) is 11.2 Å². The van der Waals surface area contributed by atoms with Crippen molar-refractivity contribution >= 4 is 23.1 Å². The van der Waals surface area contributed by atoms with E-state index >= 15 is 0 Å². The van der Waals surface area contributed by atoms with Crippen LogP contribution in [0.3, 0.4) is 0 Å². The van der Waals surface area contributed by atoms with Crippen LogP contribution in [0.1, 0.15) is 30.9 Å². The molecule has 3 aromatic heterocycles. The van der Waals surface area contributed by atoms with Crippen molar-refractivity contribution in [3.8, 4) is 11.4 Å². The Labute approximate surface area is 181 Å². The van der Waals surface area contributed by atoms with E-state index < -0.39 is 0 Å². The van der Waals surface area contributed by atoms with Gasteiger partial charge in [-0.3, -0.25) is 0 Å². The lowest BCUT2D eigenvalue weighted by atomic mass is 10.1. The second kappa shape index (κ2) is 7.61. The van der Waals surface area contributed by atoms with Crippen LogP contribution in [0, 0.1) is 13.8 Å². The zero-order valence-electron chi connectivity index (χ0n) is 18.3. The number of ether oxygens (including phenoxy) is 1. The lowest BCUT2D eigenvalue weighted by Crippen LogP contribution is -2.28. The minimum absolute atomic E-state index is 0.473. The molecule has 0 unspecified atom stereocenters. The van der Waals surface area contributed by atoms with Gasteiger partial charge in [0, 0.05) is 24.8 Å². The standard InChI is InChI=1S/C23H27N7O/c1-15-11-18(12-20(31-4)17(15)3)28-13-21(24-14-28)25-23-26-22(29-9-5-7-16(29)2)19-8-6-10-30(19)27-23/h6,8,10-14,16H,5,7,9H2,1-4H3,(H,25,27)/t16-/m1/s1. The van der Waals surface area contributed by atoms with Gasteiger partial charge in [-0.1, -0.05) is 0 Å². The molecular weight excluding hydrogens is 390 g/mol. The van der Waals surface area contributed by atoms with Crippen molar-refractivity contribution in [3.63, 3.8) is 0 Å². The second-order valence-electron chi connectivity index (χ2n) is 8.16. The van der Waals surface area contributed by atoms with Gasteiger partial charge < -0.3 is 19.5 Å². The van der Waals surface area contributed by atoms with Crippen LogP contribution in [-0.2, 0) is 0 Å². The lowest BCUT2D eigenvalue weighted by Gasteiger charge is -2.23. The first-order valence-corrected chi connectivity index (χ1v) is 10.6. The number of rotatable bonds is 5. The first kappa shape index (κ1) is 19.4. The van der Waals surface area contributed by atoms with Gasteiger partial charge in [0.2, 0.25) is 5.95 Å². The third-order valence-corrected chi connectivity index (χ3v) is 6.14. The smallest absolute Gasteiger partial charge is 0.248 e. The van der Waals surface area contributed by atoms with Gasteiger partial charge >= 0.3 is 0 Å². The first-order valence-electron chi connectivity index (χ1n) is 10.6. The molecule has 31 heavy (non-hydrogen) atoms. The van der Waals surface area contributed by atoms with Gasteiger partial charge in [0.15, 0.2) is 11.6 Å². The van der Waals surface area contributed by atoms with E-state index in [4.69, 9.17) is 9.72 Å². The van der Waals surface area contributed by atoms with E-state index in [2.05, 4.69) is 53.2 Å². The molecule has 1 fully saturated rings. The van der Waals surface area contributed by atoms with Gasteiger partial charge in [0.05, 0.1) is 19.0 Å². The summed E-state index contributed by atoms with van der Waals surface area (Å²) in [4.78, 5) is 11.7. The highest BCUT2D eigenvalue weighted by molar-refractivity contribution is 5.71. The second-order valence-corrected chi connectivity index (χ2v) is 8.16. The number of hydrogen-bond donors (Lipinski definition) is 1. The SMILES string of the molecule is COc1cc(-n2cnc(Nc3nc(N4CCC[C@H]4C)c4cccn4n3)c2)cc(C)c1C. The molecule has 160 valence electrons. The van der Waals surface area contributed by atoms with Crippen molar-refractivity contribution in [3.05, 3.63) is 54.1 Å². The fraction of sp³-hybridized carbons (Fsp3) is 0.348. The van der Waals surface area contributed by atoms with E-state index in [-0.39, 0.29) is 0 Å². The quantitative estimate of drug-likeness (QED) is 0.523. The highest BCUT2D eigenvalue weighted by atomic mass is 16.5. The largest absolute Gasteiger partial charge is 0.496 e. The molecule has 8 nitrogen and oxygen atoms in total. The average Bonchev–Trinajstić information content (AvgIpc) is 3.50. The van der Waals surface area contributed by atoms with Crippen LogP contribution in [0.4, 0.5) is 17.6 Å². The summed E-state index contributed by atoms with van der Waals surface area (Å²) >= 11 is 0. The number of nitrogens with one attached hydrogen (secondary N) is 1. The van der Waals surface area contributed by atoms with E-state index in [0.29, 0.717) is 17.8 Å². The van der Waals surface area contributed by atoms with Crippen molar-refractivity contribution < 1.29 is 4.74 Å². The molecule has 1 atom stereocenters. The Kier molecular flexibility index (Phi) is 4.77. The van der Waals surface area contributed by atoms with E-state index in [1.54, 1.807) is 13.4 Å². The Morgan fingerprint density at radius 2 is 2.10 bits per heavy atom. The van der Waals surface area contributed by atoms with Gasteiger partial charge in [-0.05, 0) is 62.9 Å². The lowest BCUT2D eigenvalue weighted by molar-refractivity contribution is 0.411. The summed E-state index contributed by atoms with van der Waals surface area (Å²) in [7, 11) is 1.69. The predicted octanol–water partition coefficient (Wildman–Crippen LogP) is 4.27. The molecule has 0 amide bonds. The fourth-order valence-corrected chi connectivity index (χ4v) is 4.24. The Morgan fingerprint density at radius 1 is 1.23 bits per heavy atom. The molecule has 1 saturated heterocycles. The molecule has 1 aliphatic heterocycles. The third kappa shape index (κ3) is 3.48. The molecule has 0 saturated carbocycles. The van der Waals surface area contributed by atoms with Crippen molar-refractivity contribution in [1.82, 2.24) is 24.1 Å². The minimum atomic E-state index is 0.473. The summed E-state index contributed by atoms with van der Waals surface area (Å²) in [6.07, 6.45) is 8.04. The molecule has 0 radical (unpaired) electrons. The molecule has 1 aliphatic rings. The Morgan fingerprint density at radius 3 is 2.87 bits per heavy atom. The normalized spacial score (nSPS) is 16.3. The molecule has 0 aliphatic carbocycles. The van der Waals surface area contributed by atoms with E-state index in [0.717, 1.165) is 34.9 Å². The van der Waals surface area contributed by atoms with Crippen molar-refractivity contribution in [2.24, 2.45) is 0 Å². The number of hydrogen-bond acceptors (Lipinski definition) is 6. The highest BCUT2D eigenvalue weighted by Gasteiger charge is 2.24. The third-order valence-electron chi connectivity index (χ3n) is 6.14. The van der Waals surface area contributed by atoms with Crippen LogP contribution in [0.2, 0.25) is 0 Å². The number of benzene rings is 1. The number of imidazole rings is 1. The summed E-state index contributed by atoms with van der Waals surface area (Å²) in [5, 5.41) is 7.90. The van der Waals surface area contributed by atoms with E-state index in [9.17, 15) is 0 Å². The van der Waals surface area contributed by atoms with Gasteiger partial charge in [0.1, 0.15) is 17.6 Å². The zero-order chi connectivity index (χ0) is 21.5. The number of anilines is 3. The molecule has 1 N–H and O–H groups in total. The molecule has 0 bridgehead atoms. The fourth-order valence-electron chi connectivity index (χ4n) is 4.24. The summed E-state index contributed by atoms with van der Waals surface area (Å²) < 4.78 is 9.36. The molecule has 0 spiro atoms. The van der Waals surface area contributed by atoms with Crippen molar-refractivity contribution in [2.45, 2.75) is 39.7 Å². The summed E-state index contributed by atoms with van der Waals surface area (Å²) in [5.74, 6) is 3.04.